The molecule has 0 nitrogen and oxygen atoms in total. The lowest BCUT2D eigenvalue weighted by molar-refractivity contribution is 1.59. The number of rotatable bonds is 3. The van der Waals surface area contributed by atoms with Gasteiger partial charge in [-0.25, -0.2) is 0 Å². The van der Waals surface area contributed by atoms with Gasteiger partial charge in [0.05, 0.1) is 0 Å². The summed E-state index contributed by atoms with van der Waals surface area (Å²) in [6.07, 6.45) is 0. The van der Waals surface area contributed by atoms with Gasteiger partial charge in [-0.2, -0.15) is 0 Å². The lowest BCUT2D eigenvalue weighted by atomic mass is 9.90. The van der Waals surface area contributed by atoms with E-state index in [2.05, 4.69) is 146 Å². The predicted molar refractivity (Wildman–Crippen MR) is 155 cm³/mol. The second-order valence-corrected chi connectivity index (χ2v) is 9.45. The van der Waals surface area contributed by atoms with Crippen molar-refractivity contribution in [3.63, 3.8) is 0 Å². The maximum atomic E-state index is 2.34. The third-order valence-electron chi connectivity index (χ3n) is 7.20. The normalized spacial score (nSPS) is 11.3. The van der Waals surface area contributed by atoms with Gasteiger partial charge in [-0.3, -0.25) is 0 Å². The molecule has 36 heavy (non-hydrogen) atoms. The average Bonchev–Trinajstić information content (AvgIpc) is 2.96. The van der Waals surface area contributed by atoms with E-state index in [9.17, 15) is 0 Å². The van der Waals surface area contributed by atoms with Gasteiger partial charge in [-0.1, -0.05) is 115 Å². The van der Waals surface area contributed by atoms with Crippen molar-refractivity contribution in [1.29, 1.82) is 0 Å². The monoisotopic (exact) mass is 456 g/mol. The molecule has 0 heterocycles. The maximum absolute atomic E-state index is 2.34. The fourth-order valence-corrected chi connectivity index (χ4v) is 5.33. The summed E-state index contributed by atoms with van der Waals surface area (Å²) in [4.78, 5) is 0. The molecule has 0 heteroatoms. The molecule has 0 amide bonds. The molecule has 7 aromatic carbocycles. The van der Waals surface area contributed by atoms with Gasteiger partial charge in [0.2, 0.25) is 0 Å². The highest BCUT2D eigenvalue weighted by atomic mass is 14.1. The van der Waals surface area contributed by atoms with Gasteiger partial charge < -0.3 is 0 Å². The van der Waals surface area contributed by atoms with Crippen molar-refractivity contribution in [1.82, 2.24) is 0 Å². The zero-order valence-corrected chi connectivity index (χ0v) is 19.9. The zero-order valence-electron chi connectivity index (χ0n) is 19.9. The van der Waals surface area contributed by atoms with Crippen LogP contribution in [0.3, 0.4) is 0 Å². The van der Waals surface area contributed by atoms with Gasteiger partial charge in [0.15, 0.2) is 0 Å². The molecule has 0 aliphatic rings. The van der Waals surface area contributed by atoms with Crippen LogP contribution < -0.4 is 0 Å². The minimum absolute atomic E-state index is 1.23. The van der Waals surface area contributed by atoms with Gasteiger partial charge in [0.25, 0.3) is 0 Å². The maximum Gasteiger partial charge on any atom is -0.0105 e. The van der Waals surface area contributed by atoms with Crippen LogP contribution in [-0.2, 0) is 0 Å². The molecule has 0 N–H and O–H groups in total. The fourth-order valence-electron chi connectivity index (χ4n) is 5.33. The van der Waals surface area contributed by atoms with Crippen molar-refractivity contribution in [2.75, 3.05) is 0 Å². The number of benzene rings is 7. The summed E-state index contributed by atoms with van der Waals surface area (Å²) < 4.78 is 0. The highest BCUT2D eigenvalue weighted by Crippen LogP contribution is 2.37. The minimum atomic E-state index is 1.23. The van der Waals surface area contributed by atoms with Crippen LogP contribution in [0.2, 0.25) is 0 Å². The molecule has 168 valence electrons. The van der Waals surface area contributed by atoms with Crippen LogP contribution in [0, 0.1) is 0 Å². The summed E-state index contributed by atoms with van der Waals surface area (Å²) in [6, 6.07) is 53.0. The van der Waals surface area contributed by atoms with Gasteiger partial charge in [0.1, 0.15) is 0 Å². The van der Waals surface area contributed by atoms with E-state index < -0.39 is 0 Å². The SMILES string of the molecule is c1ccc2cc(-c3cc(-c4ccc5ccccc5c4)cc(-c4cccc5ccccc45)c3)ccc2c1. The quantitative estimate of drug-likeness (QED) is 0.248. The second kappa shape index (κ2) is 8.52. The van der Waals surface area contributed by atoms with Crippen LogP contribution in [0.5, 0.6) is 0 Å². The van der Waals surface area contributed by atoms with Crippen molar-refractivity contribution in [2.45, 2.75) is 0 Å². The molecule has 0 aliphatic carbocycles. The fraction of sp³-hybridized carbons (Fsp3) is 0. The lowest BCUT2D eigenvalue weighted by Crippen LogP contribution is -1.88. The van der Waals surface area contributed by atoms with Crippen LogP contribution >= 0.6 is 0 Å². The molecule has 7 aromatic rings. The Hall–Kier alpha value is -4.68. The van der Waals surface area contributed by atoms with E-state index >= 15 is 0 Å². The van der Waals surface area contributed by atoms with Crippen molar-refractivity contribution in [3.05, 3.63) is 146 Å². The van der Waals surface area contributed by atoms with Gasteiger partial charge >= 0.3 is 0 Å². The highest BCUT2D eigenvalue weighted by molar-refractivity contribution is 5.99. The molecule has 0 atom stereocenters. The first kappa shape index (κ1) is 20.7. The molecule has 0 spiro atoms. The van der Waals surface area contributed by atoms with Gasteiger partial charge in [-0.05, 0) is 96.0 Å². The van der Waals surface area contributed by atoms with E-state index in [1.807, 2.05) is 0 Å². The Morgan fingerprint density at radius 2 is 0.722 bits per heavy atom. The topological polar surface area (TPSA) is 0 Å². The Labute approximate surface area is 211 Å². The second-order valence-electron chi connectivity index (χ2n) is 9.45. The molecular weight excluding hydrogens is 432 g/mol. The molecule has 0 bridgehead atoms. The number of hydrogen-bond donors (Lipinski definition) is 0. The predicted octanol–water partition coefficient (Wildman–Crippen LogP) is 10.1. The Morgan fingerprint density at radius 1 is 0.250 bits per heavy atom. The van der Waals surface area contributed by atoms with E-state index in [1.54, 1.807) is 0 Å². The first-order valence-corrected chi connectivity index (χ1v) is 12.4. The van der Waals surface area contributed by atoms with Crippen molar-refractivity contribution in [3.8, 4) is 33.4 Å². The van der Waals surface area contributed by atoms with E-state index in [0.29, 0.717) is 0 Å². The Bertz CT molecular complexity index is 1790. The van der Waals surface area contributed by atoms with Crippen molar-refractivity contribution in [2.24, 2.45) is 0 Å². The number of hydrogen-bond acceptors (Lipinski definition) is 0. The largest absolute Gasteiger partial charge is 0.0616 e. The Balaban J connectivity index is 1.48. The van der Waals surface area contributed by atoms with Gasteiger partial charge in [0, 0.05) is 0 Å². The summed E-state index contributed by atoms with van der Waals surface area (Å²) in [7, 11) is 0. The molecular formula is C36H24. The standard InChI is InChI=1S/C36H24/c1-3-11-28-20-30(18-16-25(28)8-1)32-22-33(31-19-17-26-9-2-4-12-29(26)21-31)24-34(23-32)36-15-7-13-27-10-5-6-14-35(27)36/h1-24H. The molecule has 0 radical (unpaired) electrons. The lowest BCUT2D eigenvalue weighted by Gasteiger charge is -2.14. The highest BCUT2D eigenvalue weighted by Gasteiger charge is 2.11. The van der Waals surface area contributed by atoms with Gasteiger partial charge in [-0.15, -0.1) is 0 Å². The molecule has 0 unspecified atom stereocenters. The molecule has 0 saturated heterocycles. The molecule has 0 aliphatic heterocycles. The first-order chi connectivity index (χ1) is 17.8. The van der Waals surface area contributed by atoms with Crippen LogP contribution in [0.4, 0.5) is 0 Å². The van der Waals surface area contributed by atoms with Crippen LogP contribution in [0.25, 0.3) is 65.7 Å². The minimum Gasteiger partial charge on any atom is -0.0616 e. The number of fused-ring (bicyclic) bond motifs is 3. The van der Waals surface area contributed by atoms with Crippen LogP contribution in [-0.4, -0.2) is 0 Å². The van der Waals surface area contributed by atoms with E-state index in [-0.39, 0.29) is 0 Å². The molecule has 0 fully saturated rings. The molecule has 7 rings (SSSR count). The van der Waals surface area contributed by atoms with Crippen molar-refractivity contribution >= 4 is 32.3 Å². The molecule has 0 aromatic heterocycles. The summed E-state index contributed by atoms with van der Waals surface area (Å²) in [6.45, 7) is 0. The smallest absolute Gasteiger partial charge is 0.0105 e. The summed E-state index contributed by atoms with van der Waals surface area (Å²) >= 11 is 0. The van der Waals surface area contributed by atoms with Crippen molar-refractivity contribution < 1.29 is 0 Å². The molecule has 0 saturated carbocycles. The van der Waals surface area contributed by atoms with Crippen LogP contribution in [0.1, 0.15) is 0 Å². The summed E-state index contributed by atoms with van der Waals surface area (Å²) in [5.41, 5.74) is 7.43. The third kappa shape index (κ3) is 3.65. The summed E-state index contributed by atoms with van der Waals surface area (Å²) in [5.74, 6) is 0. The van der Waals surface area contributed by atoms with E-state index in [4.69, 9.17) is 0 Å². The average molecular weight is 457 g/mol. The van der Waals surface area contributed by atoms with E-state index in [0.717, 1.165) is 0 Å². The van der Waals surface area contributed by atoms with E-state index in [1.165, 1.54) is 65.7 Å². The Kier molecular flexibility index (Phi) is 4.89. The Morgan fingerprint density at radius 3 is 1.33 bits per heavy atom. The first-order valence-electron chi connectivity index (χ1n) is 12.4. The van der Waals surface area contributed by atoms with Crippen LogP contribution in [0.15, 0.2) is 146 Å². The zero-order chi connectivity index (χ0) is 23.9. The summed E-state index contributed by atoms with van der Waals surface area (Å²) in [5, 5.41) is 7.59. The third-order valence-corrected chi connectivity index (χ3v) is 7.20.